The first kappa shape index (κ1) is 13.1. The van der Waals surface area contributed by atoms with Gasteiger partial charge in [-0.05, 0) is 25.0 Å². The van der Waals surface area contributed by atoms with E-state index in [4.69, 9.17) is 4.74 Å². The molecule has 106 valence electrons. The number of fused-ring (bicyclic) bond motifs is 1. The van der Waals surface area contributed by atoms with Crippen LogP contribution in [0.2, 0.25) is 0 Å². The average molecular weight is 274 g/mol. The number of rotatable bonds is 1. The zero-order valence-electron chi connectivity index (χ0n) is 11.3. The summed E-state index contributed by atoms with van der Waals surface area (Å²) in [6, 6.07) is 7.26. The lowest BCUT2D eigenvalue weighted by Gasteiger charge is -2.24. The maximum Gasteiger partial charge on any atom is 0.322 e. The van der Waals surface area contributed by atoms with Gasteiger partial charge in [-0.2, -0.15) is 0 Å². The lowest BCUT2D eigenvalue weighted by atomic mass is 10.1. The van der Waals surface area contributed by atoms with Crippen LogP contribution >= 0.6 is 0 Å². The van der Waals surface area contributed by atoms with Crippen molar-refractivity contribution in [1.29, 1.82) is 0 Å². The Morgan fingerprint density at radius 1 is 1.35 bits per heavy atom. The molecule has 2 amide bonds. The molecule has 1 unspecified atom stereocenters. The third-order valence-corrected chi connectivity index (χ3v) is 3.78. The Balaban J connectivity index is 1.83. The van der Waals surface area contributed by atoms with E-state index < -0.39 is 0 Å². The Bertz CT molecular complexity index is 524. The van der Waals surface area contributed by atoms with Gasteiger partial charge in [-0.3, -0.25) is 9.69 Å². The second kappa shape index (κ2) is 5.63. The van der Waals surface area contributed by atoms with Gasteiger partial charge in [0.2, 0.25) is 0 Å². The van der Waals surface area contributed by atoms with Crippen LogP contribution in [0.3, 0.4) is 0 Å². The van der Waals surface area contributed by atoms with E-state index in [1.54, 1.807) is 11.0 Å². The molecule has 1 N–H and O–H groups in total. The number of anilines is 1. The average Bonchev–Trinajstić information content (AvgIpc) is 2.90. The van der Waals surface area contributed by atoms with Crippen molar-refractivity contribution in [2.24, 2.45) is 0 Å². The van der Waals surface area contributed by atoms with Crippen molar-refractivity contribution in [3.63, 3.8) is 0 Å². The number of nitrogens with zero attached hydrogens (tertiary/aromatic N) is 1. The van der Waals surface area contributed by atoms with Crippen molar-refractivity contribution in [3.05, 3.63) is 29.8 Å². The fourth-order valence-corrected chi connectivity index (χ4v) is 2.71. The van der Waals surface area contributed by atoms with Gasteiger partial charge in [-0.1, -0.05) is 12.1 Å². The molecular formula is C15H18N2O3. The van der Waals surface area contributed by atoms with Gasteiger partial charge in [0.15, 0.2) is 5.78 Å². The Hall–Kier alpha value is -1.88. The molecule has 1 aromatic carbocycles. The molecule has 2 aliphatic rings. The zero-order chi connectivity index (χ0) is 13.9. The maximum absolute atomic E-state index is 12.4. The lowest BCUT2D eigenvalue weighted by molar-refractivity contribution is 0.0983. The van der Waals surface area contributed by atoms with Crippen molar-refractivity contribution in [2.45, 2.75) is 25.3 Å². The predicted octanol–water partition coefficient (Wildman–Crippen LogP) is 1.97. The molecule has 3 rings (SSSR count). The first-order valence-electron chi connectivity index (χ1n) is 7.04. The van der Waals surface area contributed by atoms with Crippen molar-refractivity contribution < 1.29 is 14.3 Å². The molecule has 2 aliphatic heterocycles. The molecule has 1 fully saturated rings. The number of Topliss-reactive ketones (excluding diaryl/α,β-unsaturated/α-hetero) is 1. The van der Waals surface area contributed by atoms with Crippen molar-refractivity contribution in [1.82, 2.24) is 5.32 Å². The molecule has 20 heavy (non-hydrogen) atoms. The highest BCUT2D eigenvalue weighted by Crippen LogP contribution is 2.26. The summed E-state index contributed by atoms with van der Waals surface area (Å²) in [5.41, 5.74) is 1.36. The highest BCUT2D eigenvalue weighted by molar-refractivity contribution is 6.06. The SMILES string of the molecule is O=C1CCCN(C(=O)NC2CCOC2)c2ccccc21. The monoisotopic (exact) mass is 274 g/mol. The Morgan fingerprint density at radius 3 is 3.00 bits per heavy atom. The minimum Gasteiger partial charge on any atom is -0.379 e. The standard InChI is InChI=1S/C15H18N2O3/c18-14-6-3-8-17(13-5-2-1-4-12(13)14)15(19)16-11-7-9-20-10-11/h1-2,4-5,11H,3,6-10H2,(H,16,19). The summed E-state index contributed by atoms with van der Waals surface area (Å²) in [5.74, 6) is 0.111. The van der Waals surface area contributed by atoms with E-state index in [1.165, 1.54) is 0 Å². The minimum atomic E-state index is -0.136. The van der Waals surface area contributed by atoms with Crippen LogP contribution in [0.15, 0.2) is 24.3 Å². The molecule has 0 aromatic heterocycles. The van der Waals surface area contributed by atoms with Crippen LogP contribution in [-0.2, 0) is 4.74 Å². The number of benzene rings is 1. The number of urea groups is 1. The van der Waals surface area contributed by atoms with E-state index in [9.17, 15) is 9.59 Å². The van der Waals surface area contributed by atoms with Crippen molar-refractivity contribution in [3.8, 4) is 0 Å². The first-order valence-corrected chi connectivity index (χ1v) is 7.04. The molecule has 0 radical (unpaired) electrons. The summed E-state index contributed by atoms with van der Waals surface area (Å²) >= 11 is 0. The summed E-state index contributed by atoms with van der Waals surface area (Å²) in [6.07, 6.45) is 2.04. The van der Waals surface area contributed by atoms with Crippen LogP contribution in [-0.4, -0.2) is 37.6 Å². The molecule has 0 spiro atoms. The highest BCUT2D eigenvalue weighted by atomic mass is 16.5. The molecule has 5 nitrogen and oxygen atoms in total. The predicted molar refractivity (Wildman–Crippen MR) is 75.1 cm³/mol. The number of hydrogen-bond acceptors (Lipinski definition) is 3. The second-order valence-electron chi connectivity index (χ2n) is 5.21. The number of nitrogens with one attached hydrogen (secondary N) is 1. The molecule has 5 heteroatoms. The quantitative estimate of drug-likeness (QED) is 0.851. The summed E-state index contributed by atoms with van der Waals surface area (Å²) < 4.78 is 5.27. The molecule has 2 heterocycles. The smallest absolute Gasteiger partial charge is 0.322 e. The fourth-order valence-electron chi connectivity index (χ4n) is 2.71. The number of amides is 2. The van der Waals surface area contributed by atoms with Crippen LogP contribution in [0.25, 0.3) is 0 Å². The van der Waals surface area contributed by atoms with Crippen LogP contribution < -0.4 is 10.2 Å². The number of hydrogen-bond donors (Lipinski definition) is 1. The van der Waals surface area contributed by atoms with Gasteiger partial charge in [-0.15, -0.1) is 0 Å². The van der Waals surface area contributed by atoms with Crippen LogP contribution in [0.4, 0.5) is 10.5 Å². The van der Waals surface area contributed by atoms with E-state index in [-0.39, 0.29) is 17.9 Å². The van der Waals surface area contributed by atoms with Crippen molar-refractivity contribution in [2.75, 3.05) is 24.7 Å². The number of ether oxygens (including phenoxy) is 1. The second-order valence-corrected chi connectivity index (χ2v) is 5.21. The van der Waals surface area contributed by atoms with Crippen molar-refractivity contribution >= 4 is 17.5 Å². The highest BCUT2D eigenvalue weighted by Gasteiger charge is 2.27. The minimum absolute atomic E-state index is 0.0774. The Morgan fingerprint density at radius 2 is 2.20 bits per heavy atom. The number of carbonyl (C=O) groups is 2. The van der Waals surface area contributed by atoms with Gasteiger partial charge in [-0.25, -0.2) is 4.79 Å². The van der Waals surface area contributed by atoms with Crippen LogP contribution in [0.5, 0.6) is 0 Å². The molecule has 1 saturated heterocycles. The van der Waals surface area contributed by atoms with Gasteiger partial charge in [0.25, 0.3) is 0 Å². The molecular weight excluding hydrogens is 256 g/mol. The normalized spacial score (nSPS) is 22.3. The zero-order valence-corrected chi connectivity index (χ0v) is 11.3. The fraction of sp³-hybridized carbons (Fsp3) is 0.467. The molecule has 0 saturated carbocycles. The Kier molecular flexibility index (Phi) is 3.69. The van der Waals surface area contributed by atoms with E-state index in [0.29, 0.717) is 43.9 Å². The summed E-state index contributed by atoms with van der Waals surface area (Å²) in [6.45, 7) is 1.84. The summed E-state index contributed by atoms with van der Waals surface area (Å²) in [5, 5.41) is 2.98. The molecule has 0 bridgehead atoms. The third kappa shape index (κ3) is 2.54. The van der Waals surface area contributed by atoms with Gasteiger partial charge in [0.1, 0.15) is 0 Å². The maximum atomic E-state index is 12.4. The first-order chi connectivity index (χ1) is 9.75. The molecule has 1 aromatic rings. The molecule has 1 atom stereocenters. The van der Waals surface area contributed by atoms with Gasteiger partial charge in [0, 0.05) is 25.1 Å². The van der Waals surface area contributed by atoms with E-state index in [2.05, 4.69) is 5.32 Å². The largest absolute Gasteiger partial charge is 0.379 e. The van der Waals surface area contributed by atoms with E-state index >= 15 is 0 Å². The topological polar surface area (TPSA) is 58.6 Å². The van der Waals surface area contributed by atoms with E-state index in [1.807, 2.05) is 18.2 Å². The number of para-hydroxylation sites is 1. The van der Waals surface area contributed by atoms with Crippen LogP contribution in [0.1, 0.15) is 29.6 Å². The lowest BCUT2D eigenvalue weighted by Crippen LogP contribution is -2.45. The van der Waals surface area contributed by atoms with E-state index in [0.717, 1.165) is 6.42 Å². The van der Waals surface area contributed by atoms with Gasteiger partial charge < -0.3 is 10.1 Å². The summed E-state index contributed by atoms with van der Waals surface area (Å²) in [4.78, 5) is 26.1. The summed E-state index contributed by atoms with van der Waals surface area (Å²) in [7, 11) is 0. The van der Waals surface area contributed by atoms with Gasteiger partial charge in [0.05, 0.1) is 18.3 Å². The number of ketones is 1. The number of carbonyl (C=O) groups excluding carboxylic acids is 2. The van der Waals surface area contributed by atoms with Gasteiger partial charge >= 0.3 is 6.03 Å². The Labute approximate surface area is 117 Å². The van der Waals surface area contributed by atoms with Crippen LogP contribution in [0, 0.1) is 0 Å². The molecule has 0 aliphatic carbocycles. The third-order valence-electron chi connectivity index (χ3n) is 3.78.